The van der Waals surface area contributed by atoms with Gasteiger partial charge in [-0.3, -0.25) is 4.79 Å². The van der Waals surface area contributed by atoms with Gasteiger partial charge in [0.25, 0.3) is 0 Å². The topological polar surface area (TPSA) is 41.1 Å². The van der Waals surface area contributed by atoms with Crippen molar-refractivity contribution >= 4 is 5.91 Å². The molecule has 1 aromatic carbocycles. The third kappa shape index (κ3) is 5.88. The van der Waals surface area contributed by atoms with E-state index in [-0.39, 0.29) is 5.91 Å². The number of rotatable bonds is 8. The number of aryl methyl sites for hydroxylation is 1. The number of amides is 1. The van der Waals surface area contributed by atoms with Crippen molar-refractivity contribution in [3.63, 3.8) is 0 Å². The number of hydrogen-bond acceptors (Lipinski definition) is 2. The van der Waals surface area contributed by atoms with Gasteiger partial charge in [0.2, 0.25) is 5.91 Å². The second kappa shape index (κ2) is 8.70. The number of carbonyl (C=O) groups excluding carboxylic acids is 1. The van der Waals surface area contributed by atoms with Crippen LogP contribution in [0.5, 0.6) is 0 Å². The van der Waals surface area contributed by atoms with Gasteiger partial charge in [0.15, 0.2) is 0 Å². The van der Waals surface area contributed by atoms with Crippen LogP contribution in [-0.2, 0) is 17.8 Å². The summed E-state index contributed by atoms with van der Waals surface area (Å²) < 4.78 is 0. The van der Waals surface area contributed by atoms with Crippen LogP contribution in [-0.4, -0.2) is 18.5 Å². The minimum atomic E-state index is 0.0823. The van der Waals surface area contributed by atoms with Crippen LogP contribution >= 0.6 is 0 Å². The van der Waals surface area contributed by atoms with E-state index in [0.717, 1.165) is 25.8 Å². The van der Waals surface area contributed by atoms with Gasteiger partial charge >= 0.3 is 0 Å². The molecule has 2 N–H and O–H groups in total. The zero-order valence-corrected chi connectivity index (χ0v) is 12.3. The highest BCUT2D eigenvalue weighted by Crippen LogP contribution is 2.04. The van der Waals surface area contributed by atoms with Crippen LogP contribution in [0.1, 0.15) is 44.7 Å². The molecule has 0 unspecified atom stereocenters. The van der Waals surface area contributed by atoms with Crippen molar-refractivity contribution in [3.8, 4) is 0 Å². The van der Waals surface area contributed by atoms with Gasteiger partial charge in [-0.25, -0.2) is 0 Å². The van der Waals surface area contributed by atoms with Crippen molar-refractivity contribution in [1.82, 2.24) is 10.6 Å². The summed E-state index contributed by atoms with van der Waals surface area (Å²) in [6.07, 6.45) is 3.03. The van der Waals surface area contributed by atoms with E-state index in [4.69, 9.17) is 0 Å². The Morgan fingerprint density at radius 3 is 2.16 bits per heavy atom. The second-order valence-electron chi connectivity index (χ2n) is 4.85. The average molecular weight is 262 g/mol. The Labute approximate surface area is 116 Å². The van der Waals surface area contributed by atoms with Crippen molar-refractivity contribution in [3.05, 3.63) is 35.4 Å². The van der Waals surface area contributed by atoms with E-state index in [9.17, 15) is 4.79 Å². The van der Waals surface area contributed by atoms with E-state index in [1.54, 1.807) is 0 Å². The minimum absolute atomic E-state index is 0.0823. The lowest BCUT2D eigenvalue weighted by Crippen LogP contribution is -2.39. The van der Waals surface area contributed by atoms with Gasteiger partial charge in [-0.1, -0.05) is 45.0 Å². The van der Waals surface area contributed by atoms with E-state index in [0.29, 0.717) is 12.6 Å². The Balaban J connectivity index is 2.27. The molecule has 0 heterocycles. The van der Waals surface area contributed by atoms with Crippen LogP contribution in [0, 0.1) is 0 Å². The highest BCUT2D eigenvalue weighted by Gasteiger charge is 2.07. The molecule has 0 saturated heterocycles. The molecule has 0 aromatic heterocycles. The van der Waals surface area contributed by atoms with Gasteiger partial charge in [0.05, 0.1) is 6.54 Å². The molecule has 106 valence electrons. The predicted molar refractivity (Wildman–Crippen MR) is 80.0 cm³/mol. The molecule has 0 aliphatic rings. The summed E-state index contributed by atoms with van der Waals surface area (Å²) in [7, 11) is 0. The smallest absolute Gasteiger partial charge is 0.234 e. The first-order chi connectivity index (χ1) is 9.19. The molecule has 0 fully saturated rings. The number of hydrogen-bond donors (Lipinski definition) is 2. The summed E-state index contributed by atoms with van der Waals surface area (Å²) in [6.45, 7) is 7.45. The van der Waals surface area contributed by atoms with E-state index in [1.165, 1.54) is 11.1 Å². The van der Waals surface area contributed by atoms with Crippen molar-refractivity contribution in [2.45, 2.75) is 52.6 Å². The Hall–Kier alpha value is -1.35. The molecule has 0 radical (unpaired) electrons. The summed E-state index contributed by atoms with van der Waals surface area (Å²) in [4.78, 5) is 11.7. The molecule has 0 aliphatic heterocycles. The van der Waals surface area contributed by atoms with Gasteiger partial charge in [-0.15, -0.1) is 0 Å². The van der Waals surface area contributed by atoms with Gasteiger partial charge < -0.3 is 10.6 Å². The SMILES string of the molecule is CCc1ccc(CNCC(=O)NC(CC)CC)cc1. The lowest BCUT2D eigenvalue weighted by atomic mass is 10.1. The standard InChI is InChI=1S/C16H26N2O/c1-4-13-7-9-14(10-8-13)11-17-12-16(19)18-15(5-2)6-3/h7-10,15,17H,4-6,11-12H2,1-3H3,(H,18,19). The quantitative estimate of drug-likeness (QED) is 0.756. The Bertz CT molecular complexity index is 369. The first kappa shape index (κ1) is 15.7. The first-order valence-electron chi connectivity index (χ1n) is 7.27. The van der Waals surface area contributed by atoms with Gasteiger partial charge in [-0.05, 0) is 30.4 Å². The van der Waals surface area contributed by atoms with Gasteiger partial charge in [0.1, 0.15) is 0 Å². The van der Waals surface area contributed by atoms with Gasteiger partial charge in [0, 0.05) is 12.6 Å². The molecule has 0 bridgehead atoms. The fourth-order valence-corrected chi connectivity index (χ4v) is 1.98. The molecule has 0 aliphatic carbocycles. The molecule has 0 saturated carbocycles. The molecule has 3 heteroatoms. The van der Waals surface area contributed by atoms with Crippen LogP contribution in [0.2, 0.25) is 0 Å². The number of nitrogens with one attached hydrogen (secondary N) is 2. The van der Waals surface area contributed by atoms with Crippen LogP contribution in [0.15, 0.2) is 24.3 Å². The largest absolute Gasteiger partial charge is 0.352 e. The van der Waals surface area contributed by atoms with E-state index in [1.807, 2.05) is 0 Å². The fourth-order valence-electron chi connectivity index (χ4n) is 1.98. The van der Waals surface area contributed by atoms with Crippen molar-refractivity contribution < 1.29 is 4.79 Å². The molecule has 0 spiro atoms. The zero-order valence-electron chi connectivity index (χ0n) is 12.3. The monoisotopic (exact) mass is 262 g/mol. The molecule has 1 amide bonds. The summed E-state index contributed by atoms with van der Waals surface area (Å²) in [6, 6.07) is 8.82. The van der Waals surface area contributed by atoms with E-state index >= 15 is 0 Å². The Morgan fingerprint density at radius 1 is 1.05 bits per heavy atom. The van der Waals surface area contributed by atoms with Crippen molar-refractivity contribution in [1.29, 1.82) is 0 Å². The summed E-state index contributed by atoms with van der Waals surface area (Å²) in [5.74, 6) is 0.0823. The predicted octanol–water partition coefficient (Wildman–Crippen LogP) is 2.64. The third-order valence-corrected chi connectivity index (χ3v) is 3.40. The highest BCUT2D eigenvalue weighted by molar-refractivity contribution is 5.78. The highest BCUT2D eigenvalue weighted by atomic mass is 16.1. The average Bonchev–Trinajstić information content (AvgIpc) is 2.45. The lowest BCUT2D eigenvalue weighted by Gasteiger charge is -2.14. The van der Waals surface area contributed by atoms with E-state index in [2.05, 4.69) is 55.7 Å². The first-order valence-corrected chi connectivity index (χ1v) is 7.27. The van der Waals surface area contributed by atoms with Crippen molar-refractivity contribution in [2.24, 2.45) is 0 Å². The van der Waals surface area contributed by atoms with E-state index < -0.39 is 0 Å². The molecule has 3 nitrogen and oxygen atoms in total. The molecular weight excluding hydrogens is 236 g/mol. The van der Waals surface area contributed by atoms with Crippen LogP contribution in [0.25, 0.3) is 0 Å². The third-order valence-electron chi connectivity index (χ3n) is 3.40. The van der Waals surface area contributed by atoms with Crippen LogP contribution in [0.4, 0.5) is 0 Å². The minimum Gasteiger partial charge on any atom is -0.352 e. The molecule has 1 aromatic rings. The second-order valence-corrected chi connectivity index (χ2v) is 4.85. The fraction of sp³-hybridized carbons (Fsp3) is 0.562. The van der Waals surface area contributed by atoms with Gasteiger partial charge in [-0.2, -0.15) is 0 Å². The Kier molecular flexibility index (Phi) is 7.19. The molecular formula is C16H26N2O. The maximum absolute atomic E-state index is 11.7. The Morgan fingerprint density at radius 2 is 1.63 bits per heavy atom. The maximum atomic E-state index is 11.7. The lowest BCUT2D eigenvalue weighted by molar-refractivity contribution is -0.121. The van der Waals surface area contributed by atoms with Crippen molar-refractivity contribution in [2.75, 3.05) is 6.54 Å². The summed E-state index contributed by atoms with van der Waals surface area (Å²) >= 11 is 0. The molecule has 0 atom stereocenters. The number of carbonyl (C=O) groups is 1. The number of benzene rings is 1. The molecule has 19 heavy (non-hydrogen) atoms. The molecule has 1 rings (SSSR count). The van der Waals surface area contributed by atoms with Crippen LogP contribution < -0.4 is 10.6 Å². The van der Waals surface area contributed by atoms with Crippen LogP contribution in [0.3, 0.4) is 0 Å². The summed E-state index contributed by atoms with van der Waals surface area (Å²) in [5.41, 5.74) is 2.56. The zero-order chi connectivity index (χ0) is 14.1. The normalized spacial score (nSPS) is 10.7. The summed E-state index contributed by atoms with van der Waals surface area (Å²) in [5, 5.41) is 6.20. The maximum Gasteiger partial charge on any atom is 0.234 e.